The van der Waals surface area contributed by atoms with E-state index in [0.29, 0.717) is 11.6 Å². The average molecular weight is 294 g/mol. The quantitative estimate of drug-likeness (QED) is 0.845. The van der Waals surface area contributed by atoms with Crippen LogP contribution in [0.15, 0.2) is 18.3 Å². The SMILES string of the molecule is COc1ncccc1NC(=O)N[C@@H](C)CN1CCOCC1. The third kappa shape index (κ3) is 4.87. The van der Waals surface area contributed by atoms with Gasteiger partial charge < -0.3 is 20.1 Å². The maximum Gasteiger partial charge on any atom is 0.319 e. The Morgan fingerprint density at radius 3 is 3.00 bits per heavy atom. The predicted molar refractivity (Wildman–Crippen MR) is 79.7 cm³/mol. The number of nitrogens with zero attached hydrogens (tertiary/aromatic N) is 2. The highest BCUT2D eigenvalue weighted by molar-refractivity contribution is 5.90. The van der Waals surface area contributed by atoms with Gasteiger partial charge in [-0.2, -0.15) is 0 Å². The third-order valence-electron chi connectivity index (χ3n) is 3.23. The van der Waals surface area contributed by atoms with Gasteiger partial charge in [0.25, 0.3) is 0 Å². The number of nitrogens with one attached hydrogen (secondary N) is 2. The number of morpholine rings is 1. The largest absolute Gasteiger partial charge is 0.480 e. The molecule has 1 aromatic rings. The predicted octanol–water partition coefficient (Wildman–Crippen LogP) is 0.932. The first-order valence-electron chi connectivity index (χ1n) is 7.05. The van der Waals surface area contributed by atoms with Crippen LogP contribution in [0.5, 0.6) is 5.88 Å². The molecule has 0 spiro atoms. The number of carbonyl (C=O) groups is 1. The molecule has 116 valence electrons. The fraction of sp³-hybridized carbons (Fsp3) is 0.571. The van der Waals surface area contributed by atoms with Gasteiger partial charge in [0.1, 0.15) is 5.69 Å². The van der Waals surface area contributed by atoms with E-state index in [4.69, 9.17) is 9.47 Å². The summed E-state index contributed by atoms with van der Waals surface area (Å²) in [4.78, 5) is 18.3. The van der Waals surface area contributed by atoms with Crippen LogP contribution in [0.1, 0.15) is 6.92 Å². The summed E-state index contributed by atoms with van der Waals surface area (Å²) in [7, 11) is 1.52. The van der Waals surface area contributed by atoms with E-state index in [2.05, 4.69) is 20.5 Å². The average Bonchev–Trinajstić information content (AvgIpc) is 2.48. The summed E-state index contributed by atoms with van der Waals surface area (Å²) >= 11 is 0. The molecule has 7 nitrogen and oxygen atoms in total. The van der Waals surface area contributed by atoms with Crippen molar-refractivity contribution in [1.82, 2.24) is 15.2 Å². The van der Waals surface area contributed by atoms with Crippen molar-refractivity contribution in [3.63, 3.8) is 0 Å². The minimum Gasteiger partial charge on any atom is -0.480 e. The van der Waals surface area contributed by atoms with Crippen LogP contribution in [0.4, 0.5) is 10.5 Å². The lowest BCUT2D eigenvalue weighted by Crippen LogP contribution is -2.47. The van der Waals surface area contributed by atoms with Gasteiger partial charge in [0, 0.05) is 31.9 Å². The maximum atomic E-state index is 12.0. The Hall–Kier alpha value is -1.86. The second-order valence-electron chi connectivity index (χ2n) is 4.97. The van der Waals surface area contributed by atoms with Crippen LogP contribution in [0.3, 0.4) is 0 Å². The van der Waals surface area contributed by atoms with Crippen LogP contribution in [0.2, 0.25) is 0 Å². The minimum absolute atomic E-state index is 0.0470. The molecule has 21 heavy (non-hydrogen) atoms. The van der Waals surface area contributed by atoms with Crippen molar-refractivity contribution in [2.75, 3.05) is 45.3 Å². The van der Waals surface area contributed by atoms with E-state index in [1.54, 1.807) is 18.3 Å². The van der Waals surface area contributed by atoms with E-state index >= 15 is 0 Å². The lowest BCUT2D eigenvalue weighted by atomic mass is 10.3. The number of hydrogen-bond acceptors (Lipinski definition) is 5. The topological polar surface area (TPSA) is 75.7 Å². The third-order valence-corrected chi connectivity index (χ3v) is 3.23. The van der Waals surface area contributed by atoms with E-state index in [1.807, 2.05) is 6.92 Å². The molecule has 2 amide bonds. The molecule has 2 N–H and O–H groups in total. The molecule has 0 aromatic carbocycles. The molecule has 0 saturated carbocycles. The first kappa shape index (κ1) is 15.5. The Kier molecular flexibility index (Phi) is 5.77. The van der Waals surface area contributed by atoms with Crippen LogP contribution >= 0.6 is 0 Å². The first-order valence-corrected chi connectivity index (χ1v) is 7.05. The van der Waals surface area contributed by atoms with Crippen LogP contribution < -0.4 is 15.4 Å². The second kappa shape index (κ2) is 7.80. The van der Waals surface area contributed by atoms with Crippen molar-refractivity contribution >= 4 is 11.7 Å². The van der Waals surface area contributed by atoms with Crippen LogP contribution in [0.25, 0.3) is 0 Å². The summed E-state index contributed by atoms with van der Waals surface area (Å²) in [6.45, 7) is 6.11. The van der Waals surface area contributed by atoms with E-state index in [1.165, 1.54) is 7.11 Å². The molecule has 1 atom stereocenters. The smallest absolute Gasteiger partial charge is 0.319 e. The highest BCUT2D eigenvalue weighted by Crippen LogP contribution is 2.19. The maximum absolute atomic E-state index is 12.0. The first-order chi connectivity index (χ1) is 10.2. The Balaban J connectivity index is 1.80. The standard InChI is InChI=1S/C14H22N4O3/c1-11(10-18-6-8-21-9-7-18)16-14(19)17-12-4-3-5-15-13(12)20-2/h3-5,11H,6-10H2,1-2H3,(H2,16,17,19)/t11-/m0/s1. The van der Waals surface area contributed by atoms with Gasteiger partial charge in [0.15, 0.2) is 0 Å². The molecule has 1 aliphatic heterocycles. The van der Waals surface area contributed by atoms with Crippen molar-refractivity contribution in [3.8, 4) is 5.88 Å². The van der Waals surface area contributed by atoms with Gasteiger partial charge in [-0.15, -0.1) is 0 Å². The molecule has 0 radical (unpaired) electrons. The summed E-state index contributed by atoms with van der Waals surface area (Å²) in [6, 6.07) is 3.28. The number of carbonyl (C=O) groups excluding carboxylic acids is 1. The molecule has 0 bridgehead atoms. The molecule has 1 aromatic heterocycles. The number of anilines is 1. The zero-order valence-electron chi connectivity index (χ0n) is 12.5. The van der Waals surface area contributed by atoms with Crippen molar-refractivity contribution in [1.29, 1.82) is 0 Å². The number of hydrogen-bond donors (Lipinski definition) is 2. The van der Waals surface area contributed by atoms with Crippen molar-refractivity contribution < 1.29 is 14.3 Å². The van der Waals surface area contributed by atoms with Gasteiger partial charge >= 0.3 is 6.03 Å². The Morgan fingerprint density at radius 2 is 2.29 bits per heavy atom. The Bertz CT molecular complexity index is 463. The van der Waals surface area contributed by atoms with Crippen molar-refractivity contribution in [2.45, 2.75) is 13.0 Å². The van der Waals surface area contributed by atoms with Gasteiger partial charge in [-0.05, 0) is 19.1 Å². The number of pyridine rings is 1. The molecule has 0 aliphatic carbocycles. The molecule has 1 aliphatic rings. The highest BCUT2D eigenvalue weighted by Gasteiger charge is 2.15. The monoisotopic (exact) mass is 294 g/mol. The van der Waals surface area contributed by atoms with Gasteiger partial charge in [0.2, 0.25) is 5.88 Å². The lowest BCUT2D eigenvalue weighted by Gasteiger charge is -2.29. The van der Waals surface area contributed by atoms with E-state index < -0.39 is 0 Å². The zero-order chi connectivity index (χ0) is 15.1. The number of methoxy groups -OCH3 is 1. The molecule has 1 saturated heterocycles. The van der Waals surface area contributed by atoms with E-state index in [9.17, 15) is 4.79 Å². The second-order valence-corrected chi connectivity index (χ2v) is 4.97. The summed E-state index contributed by atoms with van der Waals surface area (Å²) in [5, 5.41) is 5.66. The number of amides is 2. The van der Waals surface area contributed by atoms with E-state index in [0.717, 1.165) is 32.8 Å². The van der Waals surface area contributed by atoms with Crippen molar-refractivity contribution in [3.05, 3.63) is 18.3 Å². The Labute approximate surface area is 124 Å². The minimum atomic E-state index is -0.262. The summed E-state index contributed by atoms with van der Waals surface area (Å²) in [5.74, 6) is 0.397. The summed E-state index contributed by atoms with van der Waals surface area (Å²) in [6.07, 6.45) is 1.61. The molecular formula is C14H22N4O3. The fourth-order valence-corrected chi connectivity index (χ4v) is 2.25. The Morgan fingerprint density at radius 1 is 1.52 bits per heavy atom. The van der Waals surface area contributed by atoms with Gasteiger partial charge in [0.05, 0.1) is 20.3 Å². The van der Waals surface area contributed by atoms with Crippen LogP contribution in [0, 0.1) is 0 Å². The molecule has 2 rings (SSSR count). The van der Waals surface area contributed by atoms with Crippen LogP contribution in [-0.4, -0.2) is 61.9 Å². The van der Waals surface area contributed by atoms with Gasteiger partial charge in [-0.3, -0.25) is 4.90 Å². The van der Waals surface area contributed by atoms with Gasteiger partial charge in [-0.1, -0.05) is 0 Å². The number of ether oxygens (including phenoxy) is 2. The molecular weight excluding hydrogens is 272 g/mol. The molecule has 1 fully saturated rings. The highest BCUT2D eigenvalue weighted by atomic mass is 16.5. The molecule has 2 heterocycles. The zero-order valence-corrected chi connectivity index (χ0v) is 12.5. The summed E-state index contributed by atoms with van der Waals surface area (Å²) < 4.78 is 10.4. The normalized spacial score (nSPS) is 17.0. The molecule has 0 unspecified atom stereocenters. The summed E-state index contributed by atoms with van der Waals surface area (Å²) in [5.41, 5.74) is 0.552. The number of urea groups is 1. The van der Waals surface area contributed by atoms with E-state index in [-0.39, 0.29) is 12.1 Å². The van der Waals surface area contributed by atoms with Crippen molar-refractivity contribution in [2.24, 2.45) is 0 Å². The number of aromatic nitrogens is 1. The fourth-order valence-electron chi connectivity index (χ4n) is 2.25. The van der Waals surface area contributed by atoms with Crippen LogP contribution in [-0.2, 0) is 4.74 Å². The number of rotatable bonds is 5. The molecule has 7 heteroatoms. The van der Waals surface area contributed by atoms with Gasteiger partial charge in [-0.25, -0.2) is 9.78 Å². The lowest BCUT2D eigenvalue weighted by molar-refractivity contribution is 0.0350.